The number of carbonyl (C=O) groups is 1. The standard InChI is InChI=1S/C33H32Cl2N10O3/c1-19-4-3-5-28(43-18-40-24(14-31(43)46)23-13-21(34)6-8-27(23)44(37)17-29(35)36)25-12-20(10-11-38-25)32-26(41-33(19)47)16-45(42-32)22-7-9-30(48-2)39-15-22/h6-19,28H,3-5,36-37H2,1-2H3,(H,41,47)/b29-17-. The van der Waals surface area contributed by atoms with Crippen LogP contribution in [-0.4, -0.2) is 42.3 Å². The number of ether oxygens (including phenoxy) is 1. The molecule has 246 valence electrons. The van der Waals surface area contributed by atoms with Gasteiger partial charge in [0.25, 0.3) is 5.56 Å². The molecule has 0 aliphatic carbocycles. The van der Waals surface area contributed by atoms with E-state index in [4.69, 9.17) is 44.6 Å². The second-order valence-electron chi connectivity index (χ2n) is 11.3. The molecule has 1 aliphatic heterocycles. The smallest absolute Gasteiger partial charge is 0.254 e. The Morgan fingerprint density at radius 3 is 2.67 bits per heavy atom. The Balaban J connectivity index is 1.42. The van der Waals surface area contributed by atoms with Gasteiger partial charge in [-0.1, -0.05) is 36.5 Å². The maximum Gasteiger partial charge on any atom is 0.254 e. The van der Waals surface area contributed by atoms with E-state index >= 15 is 0 Å². The van der Waals surface area contributed by atoms with Crippen LogP contribution in [0.3, 0.4) is 0 Å². The molecule has 0 saturated heterocycles. The van der Waals surface area contributed by atoms with Crippen molar-refractivity contribution in [1.29, 1.82) is 0 Å². The summed E-state index contributed by atoms with van der Waals surface area (Å²) in [6, 6.07) is 13.2. The summed E-state index contributed by atoms with van der Waals surface area (Å²) in [7, 11) is 1.55. The molecule has 0 spiro atoms. The van der Waals surface area contributed by atoms with Gasteiger partial charge in [0, 0.05) is 40.4 Å². The van der Waals surface area contributed by atoms with Crippen molar-refractivity contribution in [2.75, 3.05) is 17.4 Å². The Labute approximate surface area is 285 Å². The zero-order valence-electron chi connectivity index (χ0n) is 26.0. The zero-order valence-corrected chi connectivity index (χ0v) is 27.6. The Morgan fingerprint density at radius 1 is 1.10 bits per heavy atom. The number of pyridine rings is 2. The summed E-state index contributed by atoms with van der Waals surface area (Å²) in [5, 5.41) is 9.51. The summed E-state index contributed by atoms with van der Waals surface area (Å²) in [6.07, 6.45) is 9.66. The average Bonchev–Trinajstić information content (AvgIpc) is 3.49. The Hall–Kier alpha value is -5.24. The molecule has 15 heteroatoms. The lowest BCUT2D eigenvalue weighted by atomic mass is 9.97. The molecule has 0 fully saturated rings. The van der Waals surface area contributed by atoms with E-state index in [9.17, 15) is 9.59 Å². The van der Waals surface area contributed by atoms with E-state index < -0.39 is 6.04 Å². The zero-order chi connectivity index (χ0) is 33.9. The molecule has 5 N–H and O–H groups in total. The van der Waals surface area contributed by atoms with Gasteiger partial charge in [-0.05, 0) is 49.2 Å². The summed E-state index contributed by atoms with van der Waals surface area (Å²) in [5.74, 6) is 6.21. The Kier molecular flexibility index (Phi) is 9.44. The third kappa shape index (κ3) is 6.88. The molecule has 48 heavy (non-hydrogen) atoms. The number of nitrogens with one attached hydrogen (secondary N) is 1. The van der Waals surface area contributed by atoms with Gasteiger partial charge in [0.2, 0.25) is 11.8 Å². The van der Waals surface area contributed by atoms with Crippen LogP contribution in [0.1, 0.15) is 37.9 Å². The summed E-state index contributed by atoms with van der Waals surface area (Å²) in [4.78, 5) is 40.7. The molecule has 1 aromatic carbocycles. The Bertz CT molecular complexity index is 2060. The minimum Gasteiger partial charge on any atom is -0.481 e. The maximum absolute atomic E-state index is 13.8. The van der Waals surface area contributed by atoms with E-state index in [1.165, 1.54) is 23.6 Å². The van der Waals surface area contributed by atoms with Crippen LogP contribution in [-0.2, 0) is 4.79 Å². The molecule has 4 aromatic heterocycles. The highest BCUT2D eigenvalue weighted by atomic mass is 35.5. The van der Waals surface area contributed by atoms with Crippen molar-refractivity contribution in [3.63, 3.8) is 0 Å². The number of amides is 1. The maximum atomic E-state index is 13.8. The third-order valence-corrected chi connectivity index (χ3v) is 8.40. The second-order valence-corrected chi connectivity index (χ2v) is 12.2. The largest absolute Gasteiger partial charge is 0.481 e. The van der Waals surface area contributed by atoms with E-state index in [0.717, 1.165) is 0 Å². The van der Waals surface area contributed by atoms with Crippen molar-refractivity contribution in [3.8, 4) is 34.1 Å². The van der Waals surface area contributed by atoms with Crippen LogP contribution < -0.4 is 32.2 Å². The fraction of sp³-hybridized carbons (Fsp3) is 0.212. The quantitative estimate of drug-likeness (QED) is 0.122. The molecule has 13 nitrogen and oxygen atoms in total. The lowest BCUT2D eigenvalue weighted by Crippen LogP contribution is -2.28. The lowest BCUT2D eigenvalue weighted by molar-refractivity contribution is -0.119. The number of hydrogen-bond acceptors (Lipinski definition) is 10. The SMILES string of the molecule is COc1ccc(-n2cc3c(n2)-c2ccnc(c2)C(n2cnc(-c4cc(Cl)ccc4N(N)/C=C(\N)Cl)cc2=O)CCCC(C)C(=O)N3)cn1. The van der Waals surface area contributed by atoms with Crippen LogP contribution in [0.5, 0.6) is 5.88 Å². The topological polar surface area (TPSA) is 172 Å². The number of rotatable bonds is 6. The fourth-order valence-electron chi connectivity index (χ4n) is 5.58. The summed E-state index contributed by atoms with van der Waals surface area (Å²) < 4.78 is 8.39. The van der Waals surface area contributed by atoms with Crippen LogP contribution in [0.25, 0.3) is 28.2 Å². The first-order valence-corrected chi connectivity index (χ1v) is 15.8. The van der Waals surface area contributed by atoms with E-state index in [0.29, 0.717) is 75.4 Å². The van der Waals surface area contributed by atoms with Crippen molar-refractivity contribution < 1.29 is 9.53 Å². The third-order valence-electron chi connectivity index (χ3n) is 8.07. The van der Waals surface area contributed by atoms with Crippen LogP contribution in [0.4, 0.5) is 11.4 Å². The van der Waals surface area contributed by atoms with Gasteiger partial charge in [-0.3, -0.25) is 24.1 Å². The monoisotopic (exact) mass is 686 g/mol. The molecule has 6 rings (SSSR count). The first-order chi connectivity index (χ1) is 23.1. The molecule has 0 radical (unpaired) electrons. The van der Waals surface area contributed by atoms with Crippen molar-refractivity contribution in [3.05, 3.63) is 106 Å². The summed E-state index contributed by atoms with van der Waals surface area (Å²) in [6.45, 7) is 1.88. The molecule has 0 saturated carbocycles. The number of fused-ring (bicyclic) bond motifs is 4. The van der Waals surface area contributed by atoms with Crippen LogP contribution in [0, 0.1) is 5.92 Å². The highest BCUT2D eigenvalue weighted by molar-refractivity contribution is 6.31. The van der Waals surface area contributed by atoms with Gasteiger partial charge in [0.15, 0.2) is 0 Å². The first kappa shape index (κ1) is 32.7. The van der Waals surface area contributed by atoms with E-state index in [2.05, 4.69) is 20.3 Å². The fourth-order valence-corrected chi connectivity index (χ4v) is 5.86. The van der Waals surface area contributed by atoms with Crippen LogP contribution in [0.15, 0.2) is 89.6 Å². The number of halogens is 2. The van der Waals surface area contributed by atoms with Crippen molar-refractivity contribution in [2.45, 2.75) is 32.2 Å². The molecule has 5 heterocycles. The number of methoxy groups -OCH3 is 1. The van der Waals surface area contributed by atoms with E-state index in [1.807, 2.05) is 25.1 Å². The summed E-state index contributed by atoms with van der Waals surface area (Å²) in [5.41, 5.74) is 9.78. The number of anilines is 2. The molecule has 2 atom stereocenters. The number of hydrazine groups is 1. The van der Waals surface area contributed by atoms with Gasteiger partial charge in [-0.15, -0.1) is 0 Å². The van der Waals surface area contributed by atoms with Crippen LogP contribution >= 0.6 is 23.2 Å². The van der Waals surface area contributed by atoms with Gasteiger partial charge in [0.1, 0.15) is 10.9 Å². The molecule has 2 unspecified atom stereocenters. The predicted octanol–water partition coefficient (Wildman–Crippen LogP) is 5.24. The molecule has 1 amide bonds. The van der Waals surface area contributed by atoms with Crippen molar-refractivity contribution >= 4 is 40.5 Å². The highest BCUT2D eigenvalue weighted by Crippen LogP contribution is 2.34. The summed E-state index contributed by atoms with van der Waals surface area (Å²) >= 11 is 12.2. The van der Waals surface area contributed by atoms with E-state index in [1.54, 1.807) is 59.2 Å². The number of nitrogens with two attached hydrogens (primary N) is 2. The Morgan fingerprint density at radius 2 is 1.94 bits per heavy atom. The van der Waals surface area contributed by atoms with Gasteiger partial charge in [-0.2, -0.15) is 5.10 Å². The number of nitrogens with zero attached hydrogens (tertiary/aromatic N) is 7. The molecule has 5 aromatic rings. The predicted molar refractivity (Wildman–Crippen MR) is 185 cm³/mol. The highest BCUT2D eigenvalue weighted by Gasteiger charge is 2.24. The number of aromatic nitrogens is 6. The molecular formula is C33H32Cl2N10O3. The molecule has 2 bridgehead atoms. The van der Waals surface area contributed by atoms with E-state index in [-0.39, 0.29) is 22.5 Å². The first-order valence-electron chi connectivity index (χ1n) is 15.0. The minimum absolute atomic E-state index is 0.0255. The second kappa shape index (κ2) is 13.9. The number of carbonyl (C=O) groups excluding carboxylic acids is 1. The number of benzene rings is 1. The van der Waals surface area contributed by atoms with Gasteiger partial charge in [-0.25, -0.2) is 20.5 Å². The van der Waals surface area contributed by atoms with Gasteiger partial charge < -0.3 is 15.8 Å². The van der Waals surface area contributed by atoms with Crippen molar-refractivity contribution in [1.82, 2.24) is 29.3 Å². The van der Waals surface area contributed by atoms with Gasteiger partial charge >= 0.3 is 0 Å². The normalized spacial score (nSPS) is 16.7. The minimum atomic E-state index is -0.478. The molecular weight excluding hydrogens is 655 g/mol. The van der Waals surface area contributed by atoms with Crippen LogP contribution in [0.2, 0.25) is 5.02 Å². The molecule has 1 aliphatic rings. The lowest BCUT2D eigenvalue weighted by Gasteiger charge is -2.22. The average molecular weight is 688 g/mol. The van der Waals surface area contributed by atoms with Crippen molar-refractivity contribution in [2.24, 2.45) is 17.5 Å². The van der Waals surface area contributed by atoms with Gasteiger partial charge in [0.05, 0.1) is 66.5 Å². The number of hydrogen-bond donors (Lipinski definition) is 3.